The zero-order valence-corrected chi connectivity index (χ0v) is 29.9. The van der Waals surface area contributed by atoms with Crippen LogP contribution in [0, 0.1) is 0 Å². The van der Waals surface area contributed by atoms with Crippen molar-refractivity contribution in [3.63, 3.8) is 0 Å². The molecule has 0 aliphatic carbocycles. The van der Waals surface area contributed by atoms with E-state index in [9.17, 15) is 70.9 Å². The molecule has 4 heterocycles. The van der Waals surface area contributed by atoms with E-state index >= 15 is 0 Å². The van der Waals surface area contributed by atoms with Crippen molar-refractivity contribution >= 4 is 16.9 Å². The summed E-state index contributed by atoms with van der Waals surface area (Å²) in [5.74, 6) is -4.68. The van der Waals surface area contributed by atoms with Gasteiger partial charge in [0.25, 0.3) is 0 Å². The van der Waals surface area contributed by atoms with Gasteiger partial charge in [0.15, 0.2) is 35.8 Å². The van der Waals surface area contributed by atoms with Gasteiger partial charge in [0, 0.05) is 24.6 Å². The number of esters is 1. The van der Waals surface area contributed by atoms with Gasteiger partial charge in [-0.2, -0.15) is 0 Å². The predicted molar refractivity (Wildman–Crippen MR) is 182 cm³/mol. The fraction of sp³-hybridized carbons (Fsp3) is 0.543. The molecule has 57 heavy (non-hydrogen) atoms. The minimum Gasteiger partial charge on any atom is -0.507 e. The average molecular weight is 815 g/mol. The third-order valence-corrected chi connectivity index (χ3v) is 9.68. The molecule has 0 spiro atoms. The SMILES string of the molecule is CC(=O)O[C@@H]1[C@@H](O[C@@H]2[C@@H](Oc3c(-c4ccc(O)c(O)c4)oc4cc(O[C@H]5O[C@@H](C)[C@H](O)[C@H](O)[C@@H]5O)cc(O)c4c3=O)O[C@@H](CO)[C@H](O)[C@@H]2O)O[C@@H](CO)[C@H](O)[C@@H]1O. The molecular formula is C35H42O22. The Morgan fingerprint density at radius 1 is 0.684 bits per heavy atom. The molecule has 3 aromatic rings. The summed E-state index contributed by atoms with van der Waals surface area (Å²) in [7, 11) is 0. The Morgan fingerprint density at radius 2 is 1.32 bits per heavy atom. The molecule has 0 radical (unpaired) electrons. The first kappa shape index (κ1) is 42.2. The number of carbonyl (C=O) groups excluding carboxylic acids is 1. The molecule has 3 aliphatic rings. The molecule has 22 nitrogen and oxygen atoms in total. The Morgan fingerprint density at radius 3 is 1.93 bits per heavy atom. The van der Waals surface area contributed by atoms with Gasteiger partial charge in [-0.25, -0.2) is 0 Å². The summed E-state index contributed by atoms with van der Waals surface area (Å²) in [6.07, 6.45) is -26.1. The fourth-order valence-corrected chi connectivity index (χ4v) is 6.58. The molecule has 314 valence electrons. The van der Waals surface area contributed by atoms with Crippen LogP contribution in [0.2, 0.25) is 0 Å². The van der Waals surface area contributed by atoms with Gasteiger partial charge in [-0.3, -0.25) is 9.59 Å². The molecule has 2 aromatic carbocycles. The molecule has 0 saturated carbocycles. The molecule has 3 fully saturated rings. The highest BCUT2D eigenvalue weighted by atomic mass is 16.8. The van der Waals surface area contributed by atoms with E-state index in [1.807, 2.05) is 0 Å². The fourth-order valence-electron chi connectivity index (χ4n) is 6.58. The summed E-state index contributed by atoms with van der Waals surface area (Å²) in [6.45, 7) is 0.562. The maximum Gasteiger partial charge on any atom is 0.303 e. The topological polar surface area (TPSA) is 355 Å². The lowest BCUT2D eigenvalue weighted by molar-refractivity contribution is -0.358. The summed E-state index contributed by atoms with van der Waals surface area (Å²) in [5, 5.41) is 125. The molecule has 0 unspecified atom stereocenters. The Kier molecular flexibility index (Phi) is 12.5. The Hall–Kier alpha value is -4.40. The lowest BCUT2D eigenvalue weighted by atomic mass is 9.97. The number of aliphatic hydroxyl groups is 9. The molecule has 0 bridgehead atoms. The number of hydrogen-bond donors (Lipinski definition) is 12. The highest BCUT2D eigenvalue weighted by Crippen LogP contribution is 2.41. The van der Waals surface area contributed by atoms with E-state index < -0.39 is 156 Å². The van der Waals surface area contributed by atoms with Gasteiger partial charge >= 0.3 is 5.97 Å². The molecule has 22 heteroatoms. The van der Waals surface area contributed by atoms with Crippen LogP contribution in [0.25, 0.3) is 22.3 Å². The van der Waals surface area contributed by atoms with Crippen LogP contribution in [-0.2, 0) is 28.5 Å². The van der Waals surface area contributed by atoms with Crippen molar-refractivity contribution in [2.75, 3.05) is 13.2 Å². The lowest BCUT2D eigenvalue weighted by Gasteiger charge is -2.46. The minimum absolute atomic E-state index is 0.150. The largest absolute Gasteiger partial charge is 0.507 e. The third-order valence-electron chi connectivity index (χ3n) is 9.68. The second kappa shape index (κ2) is 16.8. The van der Waals surface area contributed by atoms with Crippen LogP contribution in [0.15, 0.2) is 39.5 Å². The van der Waals surface area contributed by atoms with Crippen LogP contribution < -0.4 is 14.9 Å². The Labute approximate surface area is 320 Å². The maximum absolute atomic E-state index is 14.3. The van der Waals surface area contributed by atoms with Crippen molar-refractivity contribution in [3.05, 3.63) is 40.6 Å². The van der Waals surface area contributed by atoms with E-state index in [-0.39, 0.29) is 11.3 Å². The van der Waals surface area contributed by atoms with E-state index in [2.05, 4.69) is 0 Å². The van der Waals surface area contributed by atoms with Crippen LogP contribution in [-0.4, -0.2) is 173 Å². The first-order chi connectivity index (χ1) is 26.9. The van der Waals surface area contributed by atoms with Gasteiger partial charge in [-0.1, -0.05) is 0 Å². The molecule has 12 N–H and O–H groups in total. The third kappa shape index (κ3) is 8.18. The van der Waals surface area contributed by atoms with Crippen LogP contribution in [0.4, 0.5) is 0 Å². The lowest BCUT2D eigenvalue weighted by Crippen LogP contribution is -2.65. The molecule has 3 saturated heterocycles. The Balaban J connectivity index is 1.44. The van der Waals surface area contributed by atoms with Crippen molar-refractivity contribution in [1.82, 2.24) is 0 Å². The number of phenolic OH excluding ortho intramolecular Hbond substituents is 3. The summed E-state index contributed by atoms with van der Waals surface area (Å²) in [5.41, 5.74) is -1.71. The van der Waals surface area contributed by atoms with E-state index in [1.165, 1.54) is 13.0 Å². The van der Waals surface area contributed by atoms with Gasteiger partial charge < -0.3 is 98.9 Å². The van der Waals surface area contributed by atoms with E-state index in [4.69, 9.17) is 37.6 Å². The van der Waals surface area contributed by atoms with Crippen LogP contribution in [0.3, 0.4) is 0 Å². The summed E-state index contributed by atoms with van der Waals surface area (Å²) in [6, 6.07) is 5.17. The monoisotopic (exact) mass is 814 g/mol. The number of hydrogen-bond acceptors (Lipinski definition) is 22. The number of phenols is 3. The number of benzene rings is 2. The highest BCUT2D eigenvalue weighted by molar-refractivity contribution is 5.88. The van der Waals surface area contributed by atoms with Crippen molar-refractivity contribution in [2.24, 2.45) is 0 Å². The van der Waals surface area contributed by atoms with Crippen LogP contribution >= 0.6 is 0 Å². The van der Waals surface area contributed by atoms with Gasteiger partial charge in [0.05, 0.1) is 19.3 Å². The predicted octanol–water partition coefficient (Wildman–Crippen LogP) is -3.64. The zero-order chi connectivity index (χ0) is 41.6. The number of aliphatic hydroxyl groups excluding tert-OH is 9. The number of rotatable bonds is 10. The van der Waals surface area contributed by atoms with Gasteiger partial charge in [0.2, 0.25) is 23.8 Å². The summed E-state index contributed by atoms with van der Waals surface area (Å²) < 4.78 is 45.3. The molecule has 1 aromatic heterocycles. The van der Waals surface area contributed by atoms with E-state index in [1.54, 1.807) is 0 Å². The van der Waals surface area contributed by atoms with E-state index in [0.717, 1.165) is 31.2 Å². The van der Waals surface area contributed by atoms with Gasteiger partial charge in [-0.15, -0.1) is 0 Å². The number of ether oxygens (including phenoxy) is 7. The summed E-state index contributed by atoms with van der Waals surface area (Å²) in [4.78, 5) is 26.3. The highest BCUT2D eigenvalue weighted by Gasteiger charge is 2.53. The first-order valence-electron chi connectivity index (χ1n) is 17.4. The second-order valence-electron chi connectivity index (χ2n) is 13.6. The zero-order valence-electron chi connectivity index (χ0n) is 29.9. The van der Waals surface area contributed by atoms with Crippen molar-refractivity contribution in [3.8, 4) is 40.1 Å². The second-order valence-corrected chi connectivity index (χ2v) is 13.6. The van der Waals surface area contributed by atoms with Crippen molar-refractivity contribution < 1.29 is 104 Å². The standard InChI is InChI=1S/C35H42O22/c1-10-21(42)25(46)28(49)33(50-10)52-13-6-16(41)20-17(7-13)53-29(12-3-4-14(39)15(40)5-12)30(24(20)45)56-35-32(27(48)23(44)19(9-37)55-35)57-34-31(51-11(2)38)26(47)22(43)18(8-36)54-34/h3-7,10,18-19,21-23,25-28,31-37,39-44,46-49H,8-9H2,1-2H3/t10-,18-,19-,21-,22-,23-,25-,26-,27-,28-,31-,32-,33+,34+,35+/m0/s1. The molecule has 6 rings (SSSR count). The molecular weight excluding hydrogens is 772 g/mol. The number of carbonyl (C=O) groups is 1. The molecule has 0 amide bonds. The number of aromatic hydroxyl groups is 3. The van der Waals surface area contributed by atoms with Crippen molar-refractivity contribution in [1.29, 1.82) is 0 Å². The van der Waals surface area contributed by atoms with Gasteiger partial charge in [-0.05, 0) is 25.1 Å². The first-order valence-corrected chi connectivity index (χ1v) is 17.4. The normalized spacial score (nSPS) is 35.8. The molecule has 15 atom stereocenters. The molecule has 3 aliphatic heterocycles. The Bertz CT molecular complexity index is 1970. The maximum atomic E-state index is 14.3. The van der Waals surface area contributed by atoms with Crippen LogP contribution in [0.1, 0.15) is 13.8 Å². The van der Waals surface area contributed by atoms with Crippen molar-refractivity contribution in [2.45, 2.75) is 106 Å². The van der Waals surface area contributed by atoms with Crippen LogP contribution in [0.5, 0.6) is 28.7 Å². The van der Waals surface area contributed by atoms with Gasteiger partial charge in [0.1, 0.15) is 77.4 Å². The smallest absolute Gasteiger partial charge is 0.303 e. The quantitative estimate of drug-likeness (QED) is 0.0693. The average Bonchev–Trinajstić information content (AvgIpc) is 3.16. The summed E-state index contributed by atoms with van der Waals surface area (Å²) >= 11 is 0. The van der Waals surface area contributed by atoms with E-state index in [0.29, 0.717) is 0 Å². The minimum atomic E-state index is -2.07. The number of fused-ring (bicyclic) bond motifs is 1.